The van der Waals surface area contributed by atoms with Crippen molar-refractivity contribution in [1.82, 2.24) is 14.9 Å². The van der Waals surface area contributed by atoms with Gasteiger partial charge in [0.1, 0.15) is 17.5 Å². The molecule has 21 heavy (non-hydrogen) atoms. The van der Waals surface area contributed by atoms with Crippen molar-refractivity contribution in [2.45, 2.75) is 45.6 Å². The molecule has 0 aliphatic carbocycles. The highest BCUT2D eigenvalue weighted by Crippen LogP contribution is 2.21. The molecule has 1 aromatic rings. The normalized spacial score (nSPS) is 19.0. The van der Waals surface area contributed by atoms with Gasteiger partial charge in [-0.1, -0.05) is 13.8 Å². The summed E-state index contributed by atoms with van der Waals surface area (Å²) in [6.07, 6.45) is 4.48. The summed E-state index contributed by atoms with van der Waals surface area (Å²) in [7, 11) is 2.10. The number of anilines is 2. The van der Waals surface area contributed by atoms with Crippen LogP contribution in [0.5, 0.6) is 0 Å². The molecule has 118 valence electrons. The quantitative estimate of drug-likeness (QED) is 0.588. The predicted molar refractivity (Wildman–Crippen MR) is 87.4 cm³/mol. The van der Waals surface area contributed by atoms with Gasteiger partial charge in [0.25, 0.3) is 0 Å². The van der Waals surface area contributed by atoms with Gasteiger partial charge in [0.05, 0.1) is 0 Å². The number of nitrogens with two attached hydrogens (primary N) is 1. The molecular formula is C15H28N6. The molecule has 0 saturated carbocycles. The first-order valence-electron chi connectivity index (χ1n) is 7.97. The number of nitrogen functional groups attached to an aromatic ring is 1. The van der Waals surface area contributed by atoms with Gasteiger partial charge in [-0.2, -0.15) is 0 Å². The average molecular weight is 292 g/mol. The molecule has 3 N–H and O–H groups in total. The second-order valence-corrected chi connectivity index (χ2v) is 5.73. The number of likely N-dealkylation sites (N-methyl/N-ethyl adjacent to an activating group) is 2. The zero-order valence-electron chi connectivity index (χ0n) is 13.5. The highest BCUT2D eigenvalue weighted by atomic mass is 15.3. The van der Waals surface area contributed by atoms with Crippen molar-refractivity contribution in [3.8, 4) is 0 Å². The van der Waals surface area contributed by atoms with Crippen LogP contribution < -0.4 is 16.2 Å². The molecule has 2 rings (SSSR count). The summed E-state index contributed by atoms with van der Waals surface area (Å²) in [6.45, 7) is 7.71. The minimum absolute atomic E-state index is 0.624. The van der Waals surface area contributed by atoms with E-state index in [9.17, 15) is 0 Å². The standard InChI is InChI=1S/C15H28N6/c1-4-7-13-17-14(19-16)10-15(18-13)20(3)11-12-8-6-9-21(12)5-2/h10,12H,4-9,11,16H2,1-3H3,(H,17,18,19). The number of likely N-dealkylation sites (tertiary alicyclic amines) is 1. The van der Waals surface area contributed by atoms with Crippen molar-refractivity contribution in [2.24, 2.45) is 5.84 Å². The molecule has 0 amide bonds. The topological polar surface area (TPSA) is 70.3 Å². The summed E-state index contributed by atoms with van der Waals surface area (Å²) in [5, 5.41) is 0. The number of rotatable bonds is 7. The van der Waals surface area contributed by atoms with E-state index in [-0.39, 0.29) is 0 Å². The summed E-state index contributed by atoms with van der Waals surface area (Å²) in [5.41, 5.74) is 2.65. The monoisotopic (exact) mass is 292 g/mol. The maximum atomic E-state index is 5.52. The molecule has 1 unspecified atom stereocenters. The predicted octanol–water partition coefficient (Wildman–Crippen LogP) is 1.64. The smallest absolute Gasteiger partial charge is 0.145 e. The number of hydrogen-bond donors (Lipinski definition) is 2. The van der Waals surface area contributed by atoms with E-state index in [0.717, 1.165) is 37.6 Å². The van der Waals surface area contributed by atoms with Crippen LogP contribution in [0.15, 0.2) is 6.07 Å². The fourth-order valence-corrected chi connectivity index (χ4v) is 3.02. The number of aromatic nitrogens is 2. The van der Waals surface area contributed by atoms with Crippen molar-refractivity contribution >= 4 is 11.6 Å². The van der Waals surface area contributed by atoms with E-state index in [1.165, 1.54) is 19.4 Å². The van der Waals surface area contributed by atoms with Gasteiger partial charge in [-0.15, -0.1) is 0 Å². The molecule has 6 nitrogen and oxygen atoms in total. The van der Waals surface area contributed by atoms with Crippen LogP contribution in [0, 0.1) is 0 Å². The average Bonchev–Trinajstić information content (AvgIpc) is 2.94. The lowest BCUT2D eigenvalue weighted by Crippen LogP contribution is -2.39. The van der Waals surface area contributed by atoms with Crippen LogP contribution in [0.25, 0.3) is 0 Å². The SMILES string of the molecule is CCCc1nc(NN)cc(N(C)CC2CCCN2CC)n1. The number of hydrogen-bond acceptors (Lipinski definition) is 6. The molecule has 0 aromatic carbocycles. The van der Waals surface area contributed by atoms with Crippen molar-refractivity contribution in [1.29, 1.82) is 0 Å². The Morgan fingerprint density at radius 1 is 1.43 bits per heavy atom. The summed E-state index contributed by atoms with van der Waals surface area (Å²) in [5.74, 6) is 8.02. The molecule has 0 bridgehead atoms. The second-order valence-electron chi connectivity index (χ2n) is 5.73. The zero-order chi connectivity index (χ0) is 15.2. The lowest BCUT2D eigenvalue weighted by atomic mass is 10.2. The van der Waals surface area contributed by atoms with Gasteiger partial charge < -0.3 is 10.3 Å². The van der Waals surface area contributed by atoms with E-state index in [0.29, 0.717) is 11.9 Å². The maximum Gasteiger partial charge on any atom is 0.145 e. The summed E-state index contributed by atoms with van der Waals surface area (Å²) in [4.78, 5) is 13.8. The third-order valence-electron chi connectivity index (χ3n) is 4.16. The Morgan fingerprint density at radius 2 is 2.24 bits per heavy atom. The van der Waals surface area contributed by atoms with Crippen LogP contribution in [0.3, 0.4) is 0 Å². The second kappa shape index (κ2) is 7.56. The Balaban J connectivity index is 2.10. The van der Waals surface area contributed by atoms with Crippen molar-refractivity contribution in [3.05, 3.63) is 11.9 Å². The molecule has 1 aliphatic rings. The lowest BCUT2D eigenvalue weighted by molar-refractivity contribution is 0.270. The van der Waals surface area contributed by atoms with Gasteiger partial charge >= 0.3 is 0 Å². The van der Waals surface area contributed by atoms with E-state index in [1.54, 1.807) is 0 Å². The van der Waals surface area contributed by atoms with Crippen LogP contribution in [-0.4, -0.2) is 47.6 Å². The Bertz CT molecular complexity index is 450. The number of nitrogens with zero attached hydrogens (tertiary/aromatic N) is 4. The number of aryl methyl sites for hydroxylation is 1. The van der Waals surface area contributed by atoms with Crippen molar-refractivity contribution in [2.75, 3.05) is 37.0 Å². The number of hydrazine groups is 1. The van der Waals surface area contributed by atoms with E-state index in [1.807, 2.05) is 6.07 Å². The number of nitrogens with one attached hydrogen (secondary N) is 1. The van der Waals surface area contributed by atoms with Gasteiger partial charge in [0.15, 0.2) is 0 Å². The summed E-state index contributed by atoms with van der Waals surface area (Å²) in [6, 6.07) is 2.54. The lowest BCUT2D eigenvalue weighted by Gasteiger charge is -2.28. The molecule has 1 fully saturated rings. The minimum atomic E-state index is 0.624. The van der Waals surface area contributed by atoms with Gasteiger partial charge in [-0.05, 0) is 32.4 Å². The molecular weight excluding hydrogens is 264 g/mol. The fraction of sp³-hybridized carbons (Fsp3) is 0.733. The van der Waals surface area contributed by atoms with Crippen molar-refractivity contribution in [3.63, 3.8) is 0 Å². The maximum absolute atomic E-state index is 5.52. The van der Waals surface area contributed by atoms with Gasteiger partial charge in [-0.25, -0.2) is 15.8 Å². The fourth-order valence-electron chi connectivity index (χ4n) is 3.02. The van der Waals surface area contributed by atoms with Gasteiger partial charge in [0.2, 0.25) is 0 Å². The Hall–Kier alpha value is -1.40. The van der Waals surface area contributed by atoms with Crippen LogP contribution >= 0.6 is 0 Å². The molecule has 0 radical (unpaired) electrons. The van der Waals surface area contributed by atoms with Crippen LogP contribution in [-0.2, 0) is 6.42 Å². The van der Waals surface area contributed by atoms with E-state index in [2.05, 4.69) is 46.1 Å². The largest absolute Gasteiger partial charge is 0.358 e. The first-order chi connectivity index (χ1) is 10.2. The Labute approximate surface area is 127 Å². The van der Waals surface area contributed by atoms with Gasteiger partial charge in [0, 0.05) is 32.1 Å². The Kier molecular flexibility index (Phi) is 5.76. The minimum Gasteiger partial charge on any atom is -0.358 e. The van der Waals surface area contributed by atoms with Crippen molar-refractivity contribution < 1.29 is 0 Å². The van der Waals surface area contributed by atoms with E-state index in [4.69, 9.17) is 5.84 Å². The molecule has 1 saturated heterocycles. The first-order valence-corrected chi connectivity index (χ1v) is 7.97. The third kappa shape index (κ3) is 4.04. The molecule has 6 heteroatoms. The van der Waals surface area contributed by atoms with Crippen LogP contribution in [0.1, 0.15) is 38.9 Å². The van der Waals surface area contributed by atoms with E-state index >= 15 is 0 Å². The highest BCUT2D eigenvalue weighted by Gasteiger charge is 2.24. The summed E-state index contributed by atoms with van der Waals surface area (Å²) < 4.78 is 0. The molecule has 2 heterocycles. The molecule has 1 aromatic heterocycles. The molecule has 1 aliphatic heterocycles. The Morgan fingerprint density at radius 3 is 2.90 bits per heavy atom. The first kappa shape index (κ1) is 16.0. The highest BCUT2D eigenvalue weighted by molar-refractivity contribution is 5.48. The van der Waals surface area contributed by atoms with Gasteiger partial charge in [-0.3, -0.25) is 4.90 Å². The van der Waals surface area contributed by atoms with Crippen LogP contribution in [0.4, 0.5) is 11.6 Å². The molecule has 1 atom stereocenters. The third-order valence-corrected chi connectivity index (χ3v) is 4.16. The summed E-state index contributed by atoms with van der Waals surface area (Å²) >= 11 is 0. The molecule has 0 spiro atoms. The van der Waals surface area contributed by atoms with Crippen LogP contribution in [0.2, 0.25) is 0 Å². The zero-order valence-corrected chi connectivity index (χ0v) is 13.5. The van der Waals surface area contributed by atoms with E-state index < -0.39 is 0 Å².